The van der Waals surface area contributed by atoms with Gasteiger partial charge in [0.05, 0.1) is 4.92 Å². The summed E-state index contributed by atoms with van der Waals surface area (Å²) in [5, 5.41) is 32.4. The Bertz CT molecular complexity index is 1210. The Morgan fingerprint density at radius 2 is 1.34 bits per heavy atom. The molecule has 0 bridgehead atoms. The highest BCUT2D eigenvalue weighted by molar-refractivity contribution is 5.99. The van der Waals surface area contributed by atoms with E-state index in [1.807, 2.05) is 0 Å². The molecule has 244 valence electrons. The van der Waals surface area contributed by atoms with Crippen LogP contribution in [0.2, 0.25) is 0 Å². The lowest BCUT2D eigenvalue weighted by Crippen LogP contribution is -2.57. The Kier molecular flexibility index (Phi) is 14.2. The maximum atomic E-state index is 13.3. The number of hydrogen-bond acceptors (Lipinski definition) is 9. The molecule has 0 aliphatic heterocycles. The Balaban J connectivity index is 2.95. The molecule has 0 saturated heterocycles. The summed E-state index contributed by atoms with van der Waals surface area (Å²) in [5.74, 6) is -4.24. The summed E-state index contributed by atoms with van der Waals surface area (Å²) in [6.07, 6.45) is -1.42. The fraction of sp³-hybridized carbons (Fsp3) is 0.571. The molecule has 0 unspecified atom stereocenters. The van der Waals surface area contributed by atoms with Gasteiger partial charge in [-0.3, -0.25) is 34.1 Å². The van der Waals surface area contributed by atoms with Crippen molar-refractivity contribution in [3.05, 3.63) is 34.4 Å². The van der Waals surface area contributed by atoms with Crippen LogP contribution in [0.15, 0.2) is 24.3 Å². The van der Waals surface area contributed by atoms with Crippen LogP contribution in [-0.4, -0.2) is 75.5 Å². The lowest BCUT2D eigenvalue weighted by Gasteiger charge is -2.26. The van der Waals surface area contributed by atoms with Crippen LogP contribution >= 0.6 is 0 Å². The van der Waals surface area contributed by atoms with E-state index >= 15 is 0 Å². The molecule has 16 heteroatoms. The summed E-state index contributed by atoms with van der Waals surface area (Å²) in [6, 6.07) is 0.267. The van der Waals surface area contributed by atoms with E-state index in [1.54, 1.807) is 34.6 Å². The number of carbonyl (C=O) groups excluding carboxylic acids is 5. The fourth-order valence-electron chi connectivity index (χ4n) is 3.66. The number of rotatable bonds is 15. The van der Waals surface area contributed by atoms with Crippen LogP contribution < -0.4 is 26.6 Å². The van der Waals surface area contributed by atoms with Gasteiger partial charge >= 0.3 is 12.1 Å². The van der Waals surface area contributed by atoms with Crippen LogP contribution in [0, 0.1) is 16.0 Å². The zero-order chi connectivity index (χ0) is 33.8. The zero-order valence-corrected chi connectivity index (χ0v) is 25.9. The van der Waals surface area contributed by atoms with E-state index in [9.17, 15) is 38.9 Å². The van der Waals surface area contributed by atoms with Gasteiger partial charge in [-0.1, -0.05) is 13.8 Å². The quantitative estimate of drug-likeness (QED) is 0.123. The molecule has 44 heavy (non-hydrogen) atoms. The molecule has 0 saturated carbocycles. The molecular formula is C28H42N6O10. The second-order valence-corrected chi connectivity index (χ2v) is 11.6. The number of alkyl carbamates (subject to hydrolysis) is 1. The SMILES string of the molecule is CC(C)C[C@H](NC(=O)[C@H](C)NC(=O)[C@H](C)NC(=O)OC(C)(C)C)C(=O)N[C@@H](CCC(=O)O)C(=O)Nc1ccc([N+](=O)[O-])cc1. The number of carbonyl (C=O) groups is 6. The monoisotopic (exact) mass is 622 g/mol. The second kappa shape index (κ2) is 16.8. The largest absolute Gasteiger partial charge is 0.481 e. The molecule has 1 aromatic carbocycles. The molecule has 0 radical (unpaired) electrons. The van der Waals surface area contributed by atoms with Crippen molar-refractivity contribution in [2.45, 2.75) is 97.5 Å². The summed E-state index contributed by atoms with van der Waals surface area (Å²) in [4.78, 5) is 85.1. The summed E-state index contributed by atoms with van der Waals surface area (Å²) >= 11 is 0. The first-order chi connectivity index (χ1) is 20.3. The van der Waals surface area contributed by atoms with Crippen molar-refractivity contribution in [3.63, 3.8) is 0 Å². The first-order valence-electron chi connectivity index (χ1n) is 14.0. The van der Waals surface area contributed by atoms with E-state index in [0.717, 1.165) is 0 Å². The summed E-state index contributed by atoms with van der Waals surface area (Å²) < 4.78 is 5.11. The molecule has 4 atom stereocenters. The van der Waals surface area contributed by atoms with Gasteiger partial charge in [0.1, 0.15) is 29.8 Å². The molecule has 0 fully saturated rings. The number of carboxylic acid groups (broad SMARTS) is 1. The highest BCUT2D eigenvalue weighted by atomic mass is 16.6. The molecule has 0 aliphatic rings. The summed E-state index contributed by atoms with van der Waals surface area (Å²) in [7, 11) is 0. The third kappa shape index (κ3) is 13.9. The molecule has 16 nitrogen and oxygen atoms in total. The third-order valence-electron chi connectivity index (χ3n) is 5.84. The minimum atomic E-state index is -1.32. The lowest BCUT2D eigenvalue weighted by atomic mass is 10.0. The maximum Gasteiger partial charge on any atom is 0.408 e. The second-order valence-electron chi connectivity index (χ2n) is 11.6. The number of aliphatic carboxylic acids is 1. The number of carboxylic acids is 1. The van der Waals surface area contributed by atoms with Crippen molar-refractivity contribution >= 4 is 47.1 Å². The van der Waals surface area contributed by atoms with E-state index in [4.69, 9.17) is 9.84 Å². The number of hydrogen-bond donors (Lipinski definition) is 6. The Morgan fingerprint density at radius 3 is 1.84 bits per heavy atom. The van der Waals surface area contributed by atoms with Gasteiger partial charge in [0, 0.05) is 24.2 Å². The van der Waals surface area contributed by atoms with E-state index in [2.05, 4.69) is 26.6 Å². The van der Waals surface area contributed by atoms with E-state index in [0.29, 0.717) is 0 Å². The van der Waals surface area contributed by atoms with Gasteiger partial charge in [0.25, 0.3) is 5.69 Å². The van der Waals surface area contributed by atoms with E-state index in [-0.39, 0.29) is 30.1 Å². The Morgan fingerprint density at radius 1 is 0.818 bits per heavy atom. The van der Waals surface area contributed by atoms with Crippen molar-refractivity contribution in [2.75, 3.05) is 5.32 Å². The maximum absolute atomic E-state index is 13.3. The first-order valence-corrected chi connectivity index (χ1v) is 14.0. The standard InChI is InChI=1S/C28H42N6O10/c1-15(2)14-21(33-24(38)16(3)29-23(37)17(4)30-27(41)44-28(5,6)7)26(40)32-20(12-13-22(35)36)25(39)31-18-8-10-19(11-9-18)34(42)43/h8-11,15-17,20-21H,12-14H2,1-7H3,(H,29,37)(H,30,41)(H,31,39)(H,32,40)(H,33,38)(H,35,36)/t16-,17-,20-,21-/m0/s1. The Hall–Kier alpha value is -4.76. The third-order valence-corrected chi connectivity index (χ3v) is 5.84. The average molecular weight is 623 g/mol. The minimum Gasteiger partial charge on any atom is -0.481 e. The van der Waals surface area contributed by atoms with E-state index in [1.165, 1.54) is 38.1 Å². The molecule has 5 amide bonds. The van der Waals surface area contributed by atoms with Gasteiger partial charge in [0.15, 0.2) is 0 Å². The molecule has 0 spiro atoms. The highest BCUT2D eigenvalue weighted by Gasteiger charge is 2.30. The summed E-state index contributed by atoms with van der Waals surface area (Å²) in [6.45, 7) is 11.4. The predicted octanol–water partition coefficient (Wildman–Crippen LogP) is 1.83. The van der Waals surface area contributed by atoms with Gasteiger partial charge in [0.2, 0.25) is 23.6 Å². The Labute approximate surface area is 255 Å². The van der Waals surface area contributed by atoms with Crippen molar-refractivity contribution in [2.24, 2.45) is 5.92 Å². The topological polar surface area (TPSA) is 235 Å². The van der Waals surface area contributed by atoms with Gasteiger partial charge in [-0.15, -0.1) is 0 Å². The van der Waals surface area contributed by atoms with E-state index < -0.39 is 76.8 Å². The molecular weight excluding hydrogens is 580 g/mol. The molecule has 6 N–H and O–H groups in total. The first kappa shape index (κ1) is 37.3. The number of non-ortho nitro benzene ring substituents is 1. The van der Waals surface area contributed by atoms with Crippen molar-refractivity contribution in [1.29, 1.82) is 0 Å². The zero-order valence-electron chi connectivity index (χ0n) is 25.9. The van der Waals surface area contributed by atoms with Gasteiger partial charge in [-0.2, -0.15) is 0 Å². The van der Waals surface area contributed by atoms with Gasteiger partial charge in [-0.25, -0.2) is 4.79 Å². The van der Waals surface area contributed by atoms with Gasteiger partial charge in [-0.05, 0) is 65.5 Å². The highest BCUT2D eigenvalue weighted by Crippen LogP contribution is 2.16. The van der Waals surface area contributed by atoms with Crippen molar-refractivity contribution < 1.29 is 43.5 Å². The molecule has 1 aromatic rings. The molecule has 0 aliphatic carbocycles. The van der Waals surface area contributed by atoms with Crippen LogP contribution in [0.4, 0.5) is 16.2 Å². The minimum absolute atomic E-state index is 0.0968. The van der Waals surface area contributed by atoms with Crippen LogP contribution in [0.25, 0.3) is 0 Å². The predicted molar refractivity (Wildman–Crippen MR) is 158 cm³/mol. The smallest absolute Gasteiger partial charge is 0.408 e. The van der Waals surface area contributed by atoms with Crippen LogP contribution in [0.3, 0.4) is 0 Å². The van der Waals surface area contributed by atoms with Crippen LogP contribution in [0.1, 0.15) is 67.7 Å². The van der Waals surface area contributed by atoms with Crippen LogP contribution in [0.5, 0.6) is 0 Å². The number of anilines is 1. The normalized spacial score (nSPS) is 13.8. The number of nitrogens with zero attached hydrogens (tertiary/aromatic N) is 1. The number of nitro groups is 1. The molecule has 0 aromatic heterocycles. The number of amides is 5. The van der Waals surface area contributed by atoms with Crippen LogP contribution in [-0.2, 0) is 28.7 Å². The van der Waals surface area contributed by atoms with Gasteiger partial charge < -0.3 is 36.4 Å². The fourth-order valence-corrected chi connectivity index (χ4v) is 3.66. The average Bonchev–Trinajstić information content (AvgIpc) is 2.88. The molecule has 0 heterocycles. The number of nitro benzene ring substituents is 1. The number of ether oxygens (including phenoxy) is 1. The number of nitrogens with one attached hydrogen (secondary N) is 5. The lowest BCUT2D eigenvalue weighted by molar-refractivity contribution is -0.384. The molecule has 1 rings (SSSR count). The van der Waals surface area contributed by atoms with Crippen molar-refractivity contribution in [3.8, 4) is 0 Å². The number of benzene rings is 1. The summed E-state index contributed by atoms with van der Waals surface area (Å²) in [5.41, 5.74) is -0.801. The van der Waals surface area contributed by atoms with Crippen molar-refractivity contribution in [1.82, 2.24) is 21.3 Å².